The fraction of sp³-hybridized carbons (Fsp3) is 0.909. The number of nitrogens with zero attached hydrogens (tertiary/aromatic N) is 1. The van der Waals surface area contributed by atoms with Gasteiger partial charge in [-0.05, 0) is 37.5 Å². The van der Waals surface area contributed by atoms with Crippen molar-refractivity contribution in [3.05, 3.63) is 0 Å². The lowest BCUT2D eigenvalue weighted by atomic mass is 9.80. The lowest BCUT2D eigenvalue weighted by Crippen LogP contribution is -2.39. The van der Waals surface area contributed by atoms with E-state index in [4.69, 9.17) is 5.26 Å². The van der Waals surface area contributed by atoms with Gasteiger partial charge in [0.2, 0.25) is 0 Å². The van der Waals surface area contributed by atoms with Crippen LogP contribution in [0, 0.1) is 28.1 Å². The Labute approximate surface area is 79.6 Å². The molecule has 2 saturated carbocycles. The molecule has 0 aromatic heterocycles. The van der Waals surface area contributed by atoms with Crippen LogP contribution in [0.5, 0.6) is 0 Å². The van der Waals surface area contributed by atoms with Crippen molar-refractivity contribution in [3.8, 4) is 6.07 Å². The van der Waals surface area contributed by atoms with Crippen LogP contribution in [0.25, 0.3) is 0 Å². The molecule has 0 spiro atoms. The van der Waals surface area contributed by atoms with E-state index in [1.807, 2.05) is 6.92 Å². The quantitative estimate of drug-likeness (QED) is 0.705. The largest absolute Gasteiger partial charge is 0.388 e. The minimum Gasteiger partial charge on any atom is -0.388 e. The molecule has 2 aliphatic rings. The van der Waals surface area contributed by atoms with E-state index in [0.717, 1.165) is 19.3 Å². The summed E-state index contributed by atoms with van der Waals surface area (Å²) in [4.78, 5) is 0. The highest BCUT2D eigenvalue weighted by molar-refractivity contribution is 5.24. The maximum absolute atomic E-state index is 10.4. The van der Waals surface area contributed by atoms with Gasteiger partial charge in [-0.15, -0.1) is 0 Å². The van der Waals surface area contributed by atoms with Gasteiger partial charge in [-0.1, -0.05) is 13.8 Å². The molecule has 0 heterocycles. The van der Waals surface area contributed by atoms with Gasteiger partial charge in [-0.25, -0.2) is 0 Å². The molecular formula is C11H17NO. The van der Waals surface area contributed by atoms with Crippen molar-refractivity contribution in [2.75, 3.05) is 0 Å². The molecule has 0 aliphatic heterocycles. The Balaban J connectivity index is 2.19. The second-order valence-electron chi connectivity index (χ2n) is 5.59. The fourth-order valence-electron chi connectivity index (χ4n) is 2.62. The summed E-state index contributed by atoms with van der Waals surface area (Å²) in [6.45, 7) is 6.18. The number of aliphatic hydroxyl groups is 1. The summed E-state index contributed by atoms with van der Waals surface area (Å²) in [5.74, 6) is 0.321. The lowest BCUT2D eigenvalue weighted by molar-refractivity contribution is -0.0230. The molecule has 2 fully saturated rings. The van der Waals surface area contributed by atoms with E-state index < -0.39 is 11.0 Å². The first kappa shape index (κ1) is 9.02. The van der Waals surface area contributed by atoms with Gasteiger partial charge in [0, 0.05) is 0 Å². The molecule has 2 atom stereocenters. The van der Waals surface area contributed by atoms with E-state index >= 15 is 0 Å². The molecule has 72 valence electrons. The third kappa shape index (κ3) is 1.03. The Kier molecular flexibility index (Phi) is 1.45. The van der Waals surface area contributed by atoms with Crippen molar-refractivity contribution < 1.29 is 5.11 Å². The van der Waals surface area contributed by atoms with E-state index in [2.05, 4.69) is 19.9 Å². The first-order valence-corrected chi connectivity index (χ1v) is 4.99. The molecule has 0 radical (unpaired) electrons. The number of nitriles is 1. The van der Waals surface area contributed by atoms with Gasteiger partial charge in [0.1, 0.15) is 0 Å². The van der Waals surface area contributed by atoms with Crippen molar-refractivity contribution in [3.63, 3.8) is 0 Å². The van der Waals surface area contributed by atoms with Gasteiger partial charge < -0.3 is 5.11 Å². The van der Waals surface area contributed by atoms with Crippen LogP contribution in [0.2, 0.25) is 0 Å². The molecule has 2 aliphatic carbocycles. The normalized spacial score (nSPS) is 37.3. The molecule has 2 heteroatoms. The number of hydrogen-bond donors (Lipinski definition) is 1. The minimum atomic E-state index is -0.759. The van der Waals surface area contributed by atoms with Gasteiger partial charge in [-0.3, -0.25) is 0 Å². The van der Waals surface area contributed by atoms with E-state index in [0.29, 0.717) is 5.92 Å². The molecule has 13 heavy (non-hydrogen) atoms. The van der Waals surface area contributed by atoms with Crippen LogP contribution in [0.1, 0.15) is 40.0 Å². The van der Waals surface area contributed by atoms with Crippen LogP contribution in [0.15, 0.2) is 0 Å². The summed E-state index contributed by atoms with van der Waals surface area (Å²) in [6.07, 6.45) is 2.82. The van der Waals surface area contributed by atoms with Crippen molar-refractivity contribution in [1.29, 1.82) is 5.26 Å². The molecule has 0 bridgehead atoms. The zero-order chi connectivity index (χ0) is 9.91. The Morgan fingerprint density at radius 3 is 2.15 bits per heavy atom. The van der Waals surface area contributed by atoms with Crippen LogP contribution in [-0.2, 0) is 0 Å². The Bertz CT molecular complexity index is 281. The lowest BCUT2D eigenvalue weighted by Gasteiger charge is -2.30. The summed E-state index contributed by atoms with van der Waals surface area (Å²) < 4.78 is 0. The molecular weight excluding hydrogens is 162 g/mol. The van der Waals surface area contributed by atoms with E-state index in [1.54, 1.807) is 0 Å². The number of rotatable bonds is 2. The second-order valence-corrected chi connectivity index (χ2v) is 5.59. The van der Waals surface area contributed by atoms with Gasteiger partial charge in [0.05, 0.1) is 17.1 Å². The van der Waals surface area contributed by atoms with Crippen LogP contribution in [0.3, 0.4) is 0 Å². The summed E-state index contributed by atoms with van der Waals surface area (Å²) in [7, 11) is 0. The molecule has 1 N–H and O–H groups in total. The maximum Gasteiger partial charge on any atom is 0.0861 e. The minimum absolute atomic E-state index is 0.246. The Hall–Kier alpha value is -0.550. The highest BCUT2D eigenvalue weighted by Gasteiger charge is 2.67. The average molecular weight is 179 g/mol. The summed E-state index contributed by atoms with van der Waals surface area (Å²) in [6, 6.07) is 2.30. The molecule has 0 aromatic rings. The zero-order valence-electron chi connectivity index (χ0n) is 8.59. The first-order valence-electron chi connectivity index (χ1n) is 4.99. The predicted molar refractivity (Wildman–Crippen MR) is 49.8 cm³/mol. The monoisotopic (exact) mass is 179 g/mol. The van der Waals surface area contributed by atoms with Crippen molar-refractivity contribution >= 4 is 0 Å². The van der Waals surface area contributed by atoms with E-state index in [1.165, 1.54) is 0 Å². The predicted octanol–water partition coefficient (Wildman–Crippen LogP) is 2.09. The fourth-order valence-corrected chi connectivity index (χ4v) is 2.62. The summed E-state index contributed by atoms with van der Waals surface area (Å²) >= 11 is 0. The standard InChI is InChI=1S/C11H17NO/c1-9(2)6-8(9)10(3,13)11(7-12)4-5-11/h8,13H,4-6H2,1-3H3. The topological polar surface area (TPSA) is 44.0 Å². The summed E-state index contributed by atoms with van der Waals surface area (Å²) in [5, 5.41) is 19.4. The van der Waals surface area contributed by atoms with Crippen molar-refractivity contribution in [1.82, 2.24) is 0 Å². The maximum atomic E-state index is 10.4. The van der Waals surface area contributed by atoms with Gasteiger partial charge in [-0.2, -0.15) is 5.26 Å². The molecule has 0 aromatic carbocycles. The van der Waals surface area contributed by atoms with E-state index in [-0.39, 0.29) is 5.41 Å². The van der Waals surface area contributed by atoms with Crippen LogP contribution < -0.4 is 0 Å². The first-order chi connectivity index (χ1) is 5.86. The van der Waals surface area contributed by atoms with Gasteiger partial charge in [0.15, 0.2) is 0 Å². The van der Waals surface area contributed by atoms with Crippen molar-refractivity contribution in [2.24, 2.45) is 16.7 Å². The molecule has 2 unspecified atom stereocenters. The van der Waals surface area contributed by atoms with Crippen molar-refractivity contribution in [2.45, 2.75) is 45.6 Å². The van der Waals surface area contributed by atoms with Gasteiger partial charge >= 0.3 is 0 Å². The van der Waals surface area contributed by atoms with Gasteiger partial charge in [0.25, 0.3) is 0 Å². The third-order valence-electron chi connectivity index (χ3n) is 4.12. The van der Waals surface area contributed by atoms with Crippen LogP contribution in [-0.4, -0.2) is 10.7 Å². The Morgan fingerprint density at radius 2 is 1.92 bits per heavy atom. The van der Waals surface area contributed by atoms with Crippen LogP contribution >= 0.6 is 0 Å². The third-order valence-corrected chi connectivity index (χ3v) is 4.12. The molecule has 0 saturated heterocycles. The number of hydrogen-bond acceptors (Lipinski definition) is 2. The highest BCUT2D eigenvalue weighted by Crippen LogP contribution is 2.67. The average Bonchev–Trinajstić information content (AvgIpc) is 2.85. The second kappa shape index (κ2) is 2.09. The molecule has 2 rings (SSSR count). The SMILES string of the molecule is CC1(C)CC1C(C)(O)C1(C#N)CC1. The smallest absolute Gasteiger partial charge is 0.0861 e. The zero-order valence-corrected chi connectivity index (χ0v) is 8.59. The van der Waals surface area contributed by atoms with Crippen LogP contribution in [0.4, 0.5) is 0 Å². The van der Waals surface area contributed by atoms with E-state index in [9.17, 15) is 5.11 Å². The summed E-state index contributed by atoms with van der Waals surface area (Å²) in [5.41, 5.74) is -0.924. The Morgan fingerprint density at radius 1 is 1.46 bits per heavy atom. The highest BCUT2D eigenvalue weighted by atomic mass is 16.3. The molecule has 2 nitrogen and oxygen atoms in total. The molecule has 0 amide bonds.